The van der Waals surface area contributed by atoms with Crippen molar-refractivity contribution >= 4 is 39.8 Å². The van der Waals surface area contributed by atoms with Crippen LogP contribution in [0.25, 0.3) is 0 Å². The van der Waals surface area contributed by atoms with E-state index in [0.717, 1.165) is 18.5 Å². The molecule has 108 valence electrons. The zero-order valence-electron chi connectivity index (χ0n) is 11.2. The summed E-state index contributed by atoms with van der Waals surface area (Å²) in [6, 6.07) is 6.08. The summed E-state index contributed by atoms with van der Waals surface area (Å²) in [5.74, 6) is 0.824. The molecule has 1 aromatic carbocycles. The van der Waals surface area contributed by atoms with E-state index in [9.17, 15) is 10.1 Å². The predicted octanol–water partition coefficient (Wildman–Crippen LogP) is 3.55. The number of hydrogen-bond acceptors (Lipinski definition) is 5. The van der Waals surface area contributed by atoms with Crippen molar-refractivity contribution in [2.45, 2.75) is 23.7 Å². The molecule has 0 spiro atoms. The molecular weight excluding hydrogens is 383 g/mol. The molecule has 0 fully saturated rings. The molecule has 0 unspecified atom stereocenters. The van der Waals surface area contributed by atoms with Crippen LogP contribution in [-0.4, -0.2) is 14.9 Å². The molecule has 1 aliphatic rings. The third-order valence-corrected chi connectivity index (χ3v) is 4.18. The van der Waals surface area contributed by atoms with Crippen molar-refractivity contribution in [2.24, 2.45) is 0 Å². The Bertz CT molecular complexity index is 705. The topological polar surface area (TPSA) is 81.0 Å². The third kappa shape index (κ3) is 2.97. The monoisotopic (exact) mass is 396 g/mol. The number of nitro groups is 1. The average molecular weight is 396 g/mol. The first-order chi connectivity index (χ1) is 10.2. The smallest absolute Gasteiger partial charge is 0.329 e. The standard InChI is InChI=1S/C14H13IN4O2/c15-7-13-16-8-12(19(20)21)14(18-13)17-11-5-4-9-2-1-3-10(9)6-11/h4-6,8H,1-3,7H2,(H,16,17,18). The van der Waals surface area contributed by atoms with Crippen molar-refractivity contribution in [3.63, 3.8) is 0 Å². The minimum atomic E-state index is -0.466. The highest BCUT2D eigenvalue weighted by Gasteiger charge is 2.18. The van der Waals surface area contributed by atoms with Gasteiger partial charge in [0.15, 0.2) is 0 Å². The lowest BCUT2D eigenvalue weighted by molar-refractivity contribution is -0.384. The number of nitrogens with zero attached hydrogens (tertiary/aromatic N) is 3. The van der Waals surface area contributed by atoms with Crippen LogP contribution in [0.3, 0.4) is 0 Å². The molecule has 0 amide bonds. The molecule has 7 heteroatoms. The number of aromatic nitrogens is 2. The molecule has 1 aliphatic carbocycles. The van der Waals surface area contributed by atoms with E-state index in [2.05, 4.69) is 50.0 Å². The summed E-state index contributed by atoms with van der Waals surface area (Å²) in [5, 5.41) is 14.1. The summed E-state index contributed by atoms with van der Waals surface area (Å²) >= 11 is 2.13. The number of alkyl halides is 1. The number of halogens is 1. The molecule has 0 saturated heterocycles. The lowest BCUT2D eigenvalue weighted by atomic mass is 10.1. The van der Waals surface area contributed by atoms with Crippen molar-refractivity contribution in [1.29, 1.82) is 0 Å². The number of aryl methyl sites for hydroxylation is 2. The molecule has 2 aromatic rings. The van der Waals surface area contributed by atoms with Gasteiger partial charge in [-0.1, -0.05) is 28.7 Å². The summed E-state index contributed by atoms with van der Waals surface area (Å²) in [6.07, 6.45) is 4.61. The lowest BCUT2D eigenvalue weighted by Crippen LogP contribution is -2.03. The lowest BCUT2D eigenvalue weighted by Gasteiger charge is -2.08. The largest absolute Gasteiger partial charge is 0.334 e. The maximum absolute atomic E-state index is 11.1. The van der Waals surface area contributed by atoms with E-state index in [1.807, 2.05) is 6.07 Å². The molecule has 3 rings (SSSR count). The molecule has 6 nitrogen and oxygen atoms in total. The van der Waals surface area contributed by atoms with Crippen molar-refractivity contribution in [1.82, 2.24) is 9.97 Å². The summed E-state index contributed by atoms with van der Waals surface area (Å²) in [6.45, 7) is 0. The van der Waals surface area contributed by atoms with Gasteiger partial charge in [0, 0.05) is 5.69 Å². The van der Waals surface area contributed by atoms with Gasteiger partial charge in [0.05, 0.1) is 9.35 Å². The maximum Gasteiger partial charge on any atom is 0.329 e. The zero-order valence-corrected chi connectivity index (χ0v) is 13.3. The molecule has 1 N–H and O–H groups in total. The van der Waals surface area contributed by atoms with Gasteiger partial charge in [0.2, 0.25) is 5.82 Å². The normalized spacial score (nSPS) is 13.0. The van der Waals surface area contributed by atoms with Crippen LogP contribution in [0.15, 0.2) is 24.4 Å². The highest BCUT2D eigenvalue weighted by Crippen LogP contribution is 2.29. The molecule has 0 bridgehead atoms. The summed E-state index contributed by atoms with van der Waals surface area (Å²) in [5.41, 5.74) is 3.40. The second kappa shape index (κ2) is 5.92. The Kier molecular flexibility index (Phi) is 4.00. The first-order valence-electron chi connectivity index (χ1n) is 6.62. The van der Waals surface area contributed by atoms with Crippen molar-refractivity contribution < 1.29 is 4.92 Å². The van der Waals surface area contributed by atoms with Gasteiger partial charge in [-0.2, -0.15) is 0 Å². The Morgan fingerprint density at radius 1 is 1.33 bits per heavy atom. The van der Waals surface area contributed by atoms with E-state index in [4.69, 9.17) is 0 Å². The number of nitrogens with one attached hydrogen (secondary N) is 1. The molecule has 1 heterocycles. The van der Waals surface area contributed by atoms with Crippen LogP contribution >= 0.6 is 22.6 Å². The van der Waals surface area contributed by atoms with E-state index < -0.39 is 4.92 Å². The van der Waals surface area contributed by atoms with Gasteiger partial charge in [-0.15, -0.1) is 0 Å². The summed E-state index contributed by atoms with van der Waals surface area (Å²) in [7, 11) is 0. The van der Waals surface area contributed by atoms with Crippen LogP contribution in [0.5, 0.6) is 0 Å². The second-order valence-corrected chi connectivity index (χ2v) is 5.64. The van der Waals surface area contributed by atoms with Crippen molar-refractivity contribution in [2.75, 3.05) is 5.32 Å². The number of rotatable bonds is 4. The Labute approximate surface area is 135 Å². The molecule has 0 aliphatic heterocycles. The fourth-order valence-corrected chi connectivity index (χ4v) is 2.86. The summed E-state index contributed by atoms with van der Waals surface area (Å²) in [4.78, 5) is 18.8. The Hall–Kier alpha value is -1.77. The highest BCUT2D eigenvalue weighted by molar-refractivity contribution is 14.1. The highest BCUT2D eigenvalue weighted by atomic mass is 127. The van der Waals surface area contributed by atoms with Crippen molar-refractivity contribution in [3.05, 3.63) is 51.5 Å². The van der Waals surface area contributed by atoms with Gasteiger partial charge in [0.25, 0.3) is 0 Å². The first-order valence-corrected chi connectivity index (χ1v) is 8.15. The number of hydrogen-bond donors (Lipinski definition) is 1. The van der Waals surface area contributed by atoms with E-state index in [1.165, 1.54) is 23.7 Å². The van der Waals surface area contributed by atoms with Gasteiger partial charge < -0.3 is 5.32 Å². The van der Waals surface area contributed by atoms with Crippen molar-refractivity contribution in [3.8, 4) is 0 Å². The number of fused-ring (bicyclic) bond motifs is 1. The number of anilines is 2. The van der Waals surface area contributed by atoms with E-state index >= 15 is 0 Å². The quantitative estimate of drug-likeness (QED) is 0.370. The molecule has 0 saturated carbocycles. The van der Waals surface area contributed by atoms with Crippen LogP contribution in [0.2, 0.25) is 0 Å². The Balaban J connectivity index is 1.95. The van der Waals surface area contributed by atoms with Crippen LogP contribution in [0.4, 0.5) is 17.2 Å². The fourth-order valence-electron chi connectivity index (χ4n) is 2.49. The summed E-state index contributed by atoms with van der Waals surface area (Å²) < 4.78 is 0.606. The predicted molar refractivity (Wildman–Crippen MR) is 88.2 cm³/mol. The Morgan fingerprint density at radius 3 is 2.90 bits per heavy atom. The minimum absolute atomic E-state index is 0.107. The maximum atomic E-state index is 11.1. The van der Waals surface area contributed by atoms with Crippen LogP contribution < -0.4 is 5.32 Å². The van der Waals surface area contributed by atoms with Crippen LogP contribution in [-0.2, 0) is 17.3 Å². The third-order valence-electron chi connectivity index (χ3n) is 3.50. The minimum Gasteiger partial charge on any atom is -0.334 e. The molecule has 0 atom stereocenters. The van der Waals surface area contributed by atoms with Gasteiger partial charge in [-0.3, -0.25) is 10.1 Å². The first kappa shape index (κ1) is 14.2. The number of benzene rings is 1. The van der Waals surface area contributed by atoms with E-state index in [1.54, 1.807) is 0 Å². The van der Waals surface area contributed by atoms with Gasteiger partial charge >= 0.3 is 5.69 Å². The molecule has 21 heavy (non-hydrogen) atoms. The average Bonchev–Trinajstić information content (AvgIpc) is 2.94. The molecule has 1 aromatic heterocycles. The molecule has 0 radical (unpaired) electrons. The van der Waals surface area contributed by atoms with Gasteiger partial charge in [-0.25, -0.2) is 9.97 Å². The fraction of sp³-hybridized carbons (Fsp3) is 0.286. The SMILES string of the molecule is O=[N+]([O-])c1cnc(CI)nc1Nc1ccc2c(c1)CCC2. The van der Waals surface area contributed by atoms with Gasteiger partial charge in [0.1, 0.15) is 12.0 Å². The second-order valence-electron chi connectivity index (χ2n) is 4.87. The van der Waals surface area contributed by atoms with E-state index in [-0.39, 0.29) is 11.5 Å². The zero-order chi connectivity index (χ0) is 14.8. The Morgan fingerprint density at radius 2 is 2.14 bits per heavy atom. The molecular formula is C14H13IN4O2. The van der Waals surface area contributed by atoms with E-state index in [0.29, 0.717) is 10.3 Å². The van der Waals surface area contributed by atoms with Gasteiger partial charge in [-0.05, 0) is 42.5 Å². The van der Waals surface area contributed by atoms with Crippen LogP contribution in [0, 0.1) is 10.1 Å². The van der Waals surface area contributed by atoms with Crippen LogP contribution in [0.1, 0.15) is 23.4 Å².